The highest BCUT2D eigenvalue weighted by molar-refractivity contribution is 9.10. The lowest BCUT2D eigenvalue weighted by molar-refractivity contribution is -0.930. The van der Waals surface area contributed by atoms with Crippen LogP contribution in [0.3, 0.4) is 0 Å². The van der Waals surface area contributed by atoms with E-state index < -0.39 is 0 Å². The van der Waals surface area contributed by atoms with Crippen molar-refractivity contribution in [3.63, 3.8) is 0 Å². The van der Waals surface area contributed by atoms with Gasteiger partial charge in [-0.15, -0.1) is 11.3 Å². The Hall–Kier alpha value is -1.95. The molecule has 1 atom stereocenters. The maximum atomic E-state index is 12.9. The van der Waals surface area contributed by atoms with Gasteiger partial charge in [0, 0.05) is 26.0 Å². The summed E-state index contributed by atoms with van der Waals surface area (Å²) in [5, 5.41) is 4.23. The first-order valence-electron chi connectivity index (χ1n) is 10.7. The lowest BCUT2D eigenvalue weighted by Gasteiger charge is -2.32. The second kappa shape index (κ2) is 9.90. The Labute approximate surface area is 191 Å². The van der Waals surface area contributed by atoms with Gasteiger partial charge in [-0.25, -0.2) is 0 Å². The molecule has 2 N–H and O–H groups in total. The molecule has 1 aliphatic heterocycles. The number of nitrogens with one attached hydrogen (secondary N) is 2. The SMILES string of the molecule is CCc1cc([C@@H](c2ccc(Br)cc2)[NH+]2CCCCC2)c(NC(=O)c2ccccc2)s1. The second-order valence-corrected chi connectivity index (χ2v) is 9.93. The largest absolute Gasteiger partial charge is 0.325 e. The molecule has 3 aromatic rings. The van der Waals surface area contributed by atoms with E-state index in [4.69, 9.17) is 0 Å². The van der Waals surface area contributed by atoms with E-state index in [0.717, 1.165) is 15.9 Å². The number of benzene rings is 2. The summed E-state index contributed by atoms with van der Waals surface area (Å²) in [5.41, 5.74) is 3.26. The third kappa shape index (κ3) is 4.85. The van der Waals surface area contributed by atoms with Crippen LogP contribution in [0.2, 0.25) is 0 Å². The Morgan fingerprint density at radius 1 is 1.07 bits per heavy atom. The van der Waals surface area contributed by atoms with E-state index in [9.17, 15) is 4.79 Å². The number of aryl methyl sites for hydroxylation is 1. The number of amides is 1. The molecule has 0 spiro atoms. The second-order valence-electron chi connectivity index (χ2n) is 7.87. The summed E-state index contributed by atoms with van der Waals surface area (Å²) in [7, 11) is 0. The van der Waals surface area contributed by atoms with Crippen LogP contribution in [-0.2, 0) is 6.42 Å². The zero-order valence-corrected chi connectivity index (χ0v) is 19.7. The monoisotopic (exact) mass is 483 g/mol. The Morgan fingerprint density at radius 3 is 2.43 bits per heavy atom. The number of carbonyl (C=O) groups is 1. The van der Waals surface area contributed by atoms with Gasteiger partial charge < -0.3 is 10.2 Å². The summed E-state index contributed by atoms with van der Waals surface area (Å²) in [6.07, 6.45) is 4.82. The van der Waals surface area contributed by atoms with E-state index in [1.54, 1.807) is 16.2 Å². The van der Waals surface area contributed by atoms with Crippen LogP contribution in [0.1, 0.15) is 58.6 Å². The number of likely N-dealkylation sites (tertiary alicyclic amines) is 1. The minimum absolute atomic E-state index is 0.0375. The number of carbonyl (C=O) groups excluding carboxylic acids is 1. The molecule has 30 heavy (non-hydrogen) atoms. The predicted molar refractivity (Wildman–Crippen MR) is 129 cm³/mol. The van der Waals surface area contributed by atoms with Crippen molar-refractivity contribution in [2.24, 2.45) is 0 Å². The summed E-state index contributed by atoms with van der Waals surface area (Å²) < 4.78 is 1.09. The number of hydrogen-bond donors (Lipinski definition) is 2. The highest BCUT2D eigenvalue weighted by Gasteiger charge is 2.31. The van der Waals surface area contributed by atoms with E-state index >= 15 is 0 Å². The molecule has 3 nitrogen and oxygen atoms in total. The standard InChI is InChI=1S/C25H27BrN2OS/c1-2-21-17-22(25(30-21)27-24(29)19-9-5-3-6-10-19)23(28-15-7-4-8-16-28)18-11-13-20(26)14-12-18/h3,5-6,9-14,17,23H,2,4,7-8,15-16H2,1H3,(H,27,29)/p+1/t23-/m1/s1. The van der Waals surface area contributed by atoms with Crippen molar-refractivity contribution >= 4 is 38.2 Å². The number of rotatable bonds is 6. The fraction of sp³-hybridized carbons (Fsp3) is 0.320. The highest BCUT2D eigenvalue weighted by Crippen LogP contribution is 2.36. The normalized spacial score (nSPS) is 15.7. The van der Waals surface area contributed by atoms with Crippen LogP contribution in [0.15, 0.2) is 65.1 Å². The number of hydrogen-bond acceptors (Lipinski definition) is 2. The van der Waals surface area contributed by atoms with Gasteiger partial charge in [0.05, 0.1) is 13.1 Å². The van der Waals surface area contributed by atoms with Gasteiger partial charge in [-0.3, -0.25) is 4.79 Å². The lowest BCUT2D eigenvalue weighted by atomic mass is 9.96. The maximum Gasteiger partial charge on any atom is 0.256 e. The van der Waals surface area contributed by atoms with Crippen molar-refractivity contribution in [2.75, 3.05) is 18.4 Å². The molecule has 0 bridgehead atoms. The Morgan fingerprint density at radius 2 is 1.77 bits per heavy atom. The molecule has 5 heteroatoms. The smallest absolute Gasteiger partial charge is 0.256 e. The topological polar surface area (TPSA) is 33.5 Å². The predicted octanol–water partition coefficient (Wildman–Crippen LogP) is 5.48. The molecule has 1 fully saturated rings. The van der Waals surface area contributed by atoms with Gasteiger partial charge in [0.15, 0.2) is 0 Å². The van der Waals surface area contributed by atoms with Gasteiger partial charge >= 0.3 is 0 Å². The van der Waals surface area contributed by atoms with E-state index in [1.165, 1.54) is 48.4 Å². The number of halogens is 1. The molecule has 4 rings (SSSR count). The van der Waals surface area contributed by atoms with Crippen molar-refractivity contribution in [1.29, 1.82) is 0 Å². The minimum atomic E-state index is -0.0375. The van der Waals surface area contributed by atoms with Gasteiger partial charge in [-0.1, -0.05) is 53.2 Å². The summed E-state index contributed by atoms with van der Waals surface area (Å²) >= 11 is 5.29. The van der Waals surface area contributed by atoms with Crippen molar-refractivity contribution in [3.8, 4) is 0 Å². The zero-order chi connectivity index (χ0) is 20.9. The average molecular weight is 484 g/mol. The van der Waals surface area contributed by atoms with Crippen LogP contribution in [0.25, 0.3) is 0 Å². The molecule has 0 saturated carbocycles. The van der Waals surface area contributed by atoms with E-state index in [0.29, 0.717) is 5.56 Å². The van der Waals surface area contributed by atoms with Crippen molar-refractivity contribution in [3.05, 3.63) is 86.7 Å². The molecule has 1 saturated heterocycles. The number of thiophene rings is 1. The van der Waals surface area contributed by atoms with Gasteiger partial charge in [-0.05, 0) is 56.0 Å². The quantitative estimate of drug-likeness (QED) is 0.477. The minimum Gasteiger partial charge on any atom is -0.325 e. The maximum absolute atomic E-state index is 12.9. The third-order valence-corrected chi connectivity index (χ3v) is 7.58. The van der Waals surface area contributed by atoms with E-state index in [2.05, 4.69) is 58.5 Å². The summed E-state index contributed by atoms with van der Waals surface area (Å²) in [5.74, 6) is -0.0375. The molecule has 0 unspecified atom stereocenters. The summed E-state index contributed by atoms with van der Waals surface area (Å²) in [6.45, 7) is 4.52. The summed E-state index contributed by atoms with van der Waals surface area (Å²) in [4.78, 5) is 15.8. The van der Waals surface area contributed by atoms with Crippen molar-refractivity contribution < 1.29 is 9.69 Å². The van der Waals surface area contributed by atoms with Crippen LogP contribution in [0.4, 0.5) is 5.00 Å². The highest BCUT2D eigenvalue weighted by atomic mass is 79.9. The lowest BCUT2D eigenvalue weighted by Crippen LogP contribution is -3.13. The fourth-order valence-corrected chi connectivity index (χ4v) is 5.59. The molecule has 1 amide bonds. The molecule has 1 aliphatic rings. The Bertz CT molecular complexity index is 978. The molecule has 2 heterocycles. The number of piperidine rings is 1. The van der Waals surface area contributed by atoms with Crippen LogP contribution in [0, 0.1) is 0 Å². The van der Waals surface area contributed by atoms with Gasteiger partial charge in [-0.2, -0.15) is 0 Å². The number of quaternary nitrogens is 1. The Balaban J connectivity index is 1.73. The summed E-state index contributed by atoms with van der Waals surface area (Å²) in [6, 6.07) is 20.7. The van der Waals surface area contributed by atoms with Crippen LogP contribution in [0.5, 0.6) is 0 Å². The van der Waals surface area contributed by atoms with Gasteiger partial charge in [0.2, 0.25) is 0 Å². The van der Waals surface area contributed by atoms with Crippen LogP contribution in [-0.4, -0.2) is 19.0 Å². The van der Waals surface area contributed by atoms with Crippen LogP contribution >= 0.6 is 27.3 Å². The first-order chi connectivity index (χ1) is 14.7. The molecule has 1 aromatic heterocycles. The Kier molecular flexibility index (Phi) is 7.03. The van der Waals surface area contributed by atoms with Crippen molar-refractivity contribution in [2.45, 2.75) is 38.6 Å². The van der Waals surface area contributed by atoms with E-state index in [1.807, 2.05) is 30.3 Å². The molecule has 2 aromatic carbocycles. The molecule has 0 radical (unpaired) electrons. The van der Waals surface area contributed by atoms with Crippen molar-refractivity contribution in [1.82, 2.24) is 0 Å². The first-order valence-corrected chi connectivity index (χ1v) is 12.4. The molecular formula is C25H28BrN2OS+. The average Bonchev–Trinajstić information content (AvgIpc) is 3.19. The van der Waals surface area contributed by atoms with Gasteiger partial charge in [0.25, 0.3) is 5.91 Å². The molecular weight excluding hydrogens is 456 g/mol. The molecule has 156 valence electrons. The van der Waals surface area contributed by atoms with Crippen LogP contribution < -0.4 is 10.2 Å². The zero-order valence-electron chi connectivity index (χ0n) is 17.3. The fourth-order valence-electron chi connectivity index (χ4n) is 4.29. The van der Waals surface area contributed by atoms with Gasteiger partial charge in [0.1, 0.15) is 11.0 Å². The van der Waals surface area contributed by atoms with E-state index in [-0.39, 0.29) is 11.9 Å². The third-order valence-electron chi connectivity index (χ3n) is 5.84. The molecule has 0 aliphatic carbocycles. The number of anilines is 1. The first kappa shape index (κ1) is 21.3.